The number of benzene rings is 1. The van der Waals surface area contributed by atoms with E-state index in [1.807, 2.05) is 0 Å². The first-order valence-electron chi connectivity index (χ1n) is 8.23. The molecule has 2 rings (SSSR count). The summed E-state index contributed by atoms with van der Waals surface area (Å²) in [4.78, 5) is 4.91. The van der Waals surface area contributed by atoms with Gasteiger partial charge in [-0.05, 0) is 57.1 Å². The second kappa shape index (κ2) is 7.39. The van der Waals surface area contributed by atoms with Crippen molar-refractivity contribution in [1.29, 1.82) is 0 Å². The normalized spacial score (nSPS) is 19.4. The van der Waals surface area contributed by atoms with Crippen LogP contribution < -0.4 is 5.73 Å². The molecule has 0 aliphatic carbocycles. The Morgan fingerprint density at radius 1 is 1.14 bits per heavy atom. The smallest absolute Gasteiger partial charge is 0.0470 e. The van der Waals surface area contributed by atoms with E-state index in [1.165, 1.54) is 37.1 Å². The number of nitrogens with two attached hydrogens (primary N) is 1. The SMILES string of the molecule is CC(C)c1ccc(C(CN)N(C)C2CCN(C)CC2)cc1. The molecule has 1 aliphatic rings. The fraction of sp³-hybridized carbons (Fsp3) is 0.667. The summed E-state index contributed by atoms with van der Waals surface area (Å²) in [7, 11) is 4.45. The number of nitrogens with zero attached hydrogens (tertiary/aromatic N) is 2. The molecule has 1 aliphatic heterocycles. The van der Waals surface area contributed by atoms with Crippen LogP contribution in [0.15, 0.2) is 24.3 Å². The molecule has 0 saturated carbocycles. The lowest BCUT2D eigenvalue weighted by Crippen LogP contribution is -2.45. The highest BCUT2D eigenvalue weighted by Crippen LogP contribution is 2.26. The molecule has 1 saturated heterocycles. The highest BCUT2D eigenvalue weighted by molar-refractivity contribution is 5.27. The molecule has 0 amide bonds. The van der Waals surface area contributed by atoms with Crippen molar-refractivity contribution in [1.82, 2.24) is 9.80 Å². The van der Waals surface area contributed by atoms with Gasteiger partial charge in [-0.3, -0.25) is 4.90 Å². The molecule has 0 spiro atoms. The van der Waals surface area contributed by atoms with E-state index in [0.29, 0.717) is 24.5 Å². The van der Waals surface area contributed by atoms with E-state index in [9.17, 15) is 0 Å². The van der Waals surface area contributed by atoms with Gasteiger partial charge in [-0.15, -0.1) is 0 Å². The average molecular weight is 289 g/mol. The van der Waals surface area contributed by atoms with Crippen molar-refractivity contribution in [3.05, 3.63) is 35.4 Å². The summed E-state index contributed by atoms with van der Waals surface area (Å²) >= 11 is 0. The third kappa shape index (κ3) is 4.06. The molecule has 1 atom stereocenters. The van der Waals surface area contributed by atoms with Gasteiger partial charge in [0.05, 0.1) is 0 Å². The zero-order valence-electron chi connectivity index (χ0n) is 14.0. The minimum absolute atomic E-state index is 0.333. The second-order valence-electron chi connectivity index (χ2n) is 6.77. The van der Waals surface area contributed by atoms with Crippen LogP contribution >= 0.6 is 0 Å². The Balaban J connectivity index is 2.07. The summed E-state index contributed by atoms with van der Waals surface area (Å²) in [5.74, 6) is 0.585. The first kappa shape index (κ1) is 16.5. The zero-order chi connectivity index (χ0) is 15.4. The highest BCUT2D eigenvalue weighted by Gasteiger charge is 2.26. The molecule has 1 heterocycles. The Hall–Kier alpha value is -0.900. The summed E-state index contributed by atoms with van der Waals surface area (Å²) in [6.07, 6.45) is 2.49. The molecule has 1 aromatic rings. The van der Waals surface area contributed by atoms with Gasteiger partial charge in [0.25, 0.3) is 0 Å². The molecule has 2 N–H and O–H groups in total. The largest absolute Gasteiger partial charge is 0.329 e. The molecular formula is C18H31N3. The number of rotatable bonds is 5. The van der Waals surface area contributed by atoms with Crippen molar-refractivity contribution in [2.45, 2.75) is 44.7 Å². The van der Waals surface area contributed by atoms with Crippen LogP contribution in [0.2, 0.25) is 0 Å². The predicted octanol–water partition coefficient (Wildman–Crippen LogP) is 2.84. The van der Waals surface area contributed by atoms with Crippen LogP contribution in [0.5, 0.6) is 0 Å². The van der Waals surface area contributed by atoms with Crippen molar-refractivity contribution in [2.24, 2.45) is 5.73 Å². The molecule has 0 radical (unpaired) electrons. The van der Waals surface area contributed by atoms with E-state index in [2.05, 4.69) is 62.0 Å². The maximum absolute atomic E-state index is 6.09. The van der Waals surface area contributed by atoms with Crippen LogP contribution in [-0.2, 0) is 0 Å². The van der Waals surface area contributed by atoms with Crippen molar-refractivity contribution < 1.29 is 0 Å². The zero-order valence-corrected chi connectivity index (χ0v) is 14.0. The van der Waals surface area contributed by atoms with Crippen molar-refractivity contribution >= 4 is 0 Å². The minimum atomic E-state index is 0.333. The summed E-state index contributed by atoms with van der Waals surface area (Å²) < 4.78 is 0. The van der Waals surface area contributed by atoms with Gasteiger partial charge in [-0.1, -0.05) is 38.1 Å². The lowest BCUT2D eigenvalue weighted by atomic mass is 9.96. The Labute approximate surface area is 130 Å². The van der Waals surface area contributed by atoms with Crippen LogP contribution in [0.3, 0.4) is 0 Å². The van der Waals surface area contributed by atoms with E-state index in [0.717, 1.165) is 0 Å². The van der Waals surface area contributed by atoms with Crippen molar-refractivity contribution in [2.75, 3.05) is 33.7 Å². The van der Waals surface area contributed by atoms with Crippen LogP contribution in [0, 0.1) is 0 Å². The van der Waals surface area contributed by atoms with E-state index in [-0.39, 0.29) is 0 Å². The van der Waals surface area contributed by atoms with Crippen LogP contribution in [0.25, 0.3) is 0 Å². The van der Waals surface area contributed by atoms with Crippen molar-refractivity contribution in [3.8, 4) is 0 Å². The molecule has 1 fully saturated rings. The minimum Gasteiger partial charge on any atom is -0.329 e. The monoisotopic (exact) mass is 289 g/mol. The van der Waals surface area contributed by atoms with Gasteiger partial charge >= 0.3 is 0 Å². The second-order valence-corrected chi connectivity index (χ2v) is 6.77. The standard InChI is InChI=1S/C18H31N3/c1-14(2)15-5-7-16(8-6-15)18(13-19)21(4)17-9-11-20(3)12-10-17/h5-8,14,17-18H,9-13,19H2,1-4H3. The Bertz CT molecular complexity index is 419. The van der Waals surface area contributed by atoms with E-state index in [4.69, 9.17) is 5.73 Å². The van der Waals surface area contributed by atoms with Gasteiger partial charge in [0.15, 0.2) is 0 Å². The van der Waals surface area contributed by atoms with Gasteiger partial charge in [-0.2, -0.15) is 0 Å². The number of hydrogen-bond acceptors (Lipinski definition) is 3. The summed E-state index contributed by atoms with van der Waals surface area (Å²) in [5.41, 5.74) is 8.84. The Morgan fingerprint density at radius 2 is 1.67 bits per heavy atom. The van der Waals surface area contributed by atoms with E-state index < -0.39 is 0 Å². The molecule has 1 unspecified atom stereocenters. The Morgan fingerprint density at radius 3 is 2.14 bits per heavy atom. The van der Waals surface area contributed by atoms with Crippen LogP contribution in [0.4, 0.5) is 0 Å². The van der Waals surface area contributed by atoms with E-state index in [1.54, 1.807) is 0 Å². The summed E-state index contributed by atoms with van der Waals surface area (Å²) in [6, 6.07) is 10.0. The summed E-state index contributed by atoms with van der Waals surface area (Å²) in [5, 5.41) is 0. The predicted molar refractivity (Wildman–Crippen MR) is 90.6 cm³/mol. The molecular weight excluding hydrogens is 258 g/mol. The molecule has 0 bridgehead atoms. The van der Waals surface area contributed by atoms with E-state index >= 15 is 0 Å². The molecule has 21 heavy (non-hydrogen) atoms. The lowest BCUT2D eigenvalue weighted by molar-refractivity contribution is 0.109. The molecule has 0 aromatic heterocycles. The average Bonchev–Trinajstić information content (AvgIpc) is 2.49. The van der Waals surface area contributed by atoms with Gasteiger partial charge in [0.1, 0.15) is 0 Å². The fourth-order valence-corrected chi connectivity index (χ4v) is 3.30. The maximum Gasteiger partial charge on any atom is 0.0470 e. The third-order valence-electron chi connectivity index (χ3n) is 4.97. The molecule has 118 valence electrons. The van der Waals surface area contributed by atoms with Crippen molar-refractivity contribution in [3.63, 3.8) is 0 Å². The number of likely N-dealkylation sites (N-methyl/N-ethyl adjacent to an activating group) is 1. The third-order valence-corrected chi connectivity index (χ3v) is 4.97. The van der Waals surface area contributed by atoms with Gasteiger partial charge in [-0.25, -0.2) is 0 Å². The lowest BCUT2D eigenvalue weighted by Gasteiger charge is -2.39. The van der Waals surface area contributed by atoms with Gasteiger partial charge in [0, 0.05) is 18.6 Å². The van der Waals surface area contributed by atoms with Gasteiger partial charge in [0.2, 0.25) is 0 Å². The number of piperidine rings is 1. The quantitative estimate of drug-likeness (QED) is 0.904. The number of hydrogen-bond donors (Lipinski definition) is 1. The highest BCUT2D eigenvalue weighted by atomic mass is 15.2. The van der Waals surface area contributed by atoms with Crippen LogP contribution in [-0.4, -0.2) is 49.6 Å². The summed E-state index contributed by atoms with van der Waals surface area (Å²) in [6.45, 7) is 7.54. The topological polar surface area (TPSA) is 32.5 Å². The number of likely N-dealkylation sites (tertiary alicyclic amines) is 1. The Kier molecular flexibility index (Phi) is 5.80. The van der Waals surface area contributed by atoms with Crippen LogP contribution in [0.1, 0.15) is 49.8 Å². The maximum atomic E-state index is 6.09. The first-order valence-corrected chi connectivity index (χ1v) is 8.23. The molecule has 1 aromatic carbocycles. The molecule has 3 heteroatoms. The molecule has 3 nitrogen and oxygen atoms in total. The fourth-order valence-electron chi connectivity index (χ4n) is 3.30. The first-order chi connectivity index (χ1) is 10.0. The van der Waals surface area contributed by atoms with Gasteiger partial charge < -0.3 is 10.6 Å².